The van der Waals surface area contributed by atoms with Crippen molar-refractivity contribution < 1.29 is 13.9 Å². The third-order valence-corrected chi connectivity index (χ3v) is 4.58. The van der Waals surface area contributed by atoms with Crippen molar-refractivity contribution in [2.24, 2.45) is 11.8 Å². The number of hydrogen-bond donors (Lipinski definition) is 2. The molecule has 1 fully saturated rings. The fourth-order valence-electron chi connectivity index (χ4n) is 3.06. The highest BCUT2D eigenvalue weighted by Gasteiger charge is 2.22. The maximum Gasteiger partial charge on any atom is 0.254 e. The van der Waals surface area contributed by atoms with Crippen molar-refractivity contribution in [3.05, 3.63) is 48.0 Å². The van der Waals surface area contributed by atoms with Crippen LogP contribution in [-0.4, -0.2) is 29.3 Å². The van der Waals surface area contributed by atoms with E-state index in [1.165, 1.54) is 18.3 Å². The van der Waals surface area contributed by atoms with Gasteiger partial charge >= 0.3 is 0 Å². The van der Waals surface area contributed by atoms with Crippen LogP contribution in [0.4, 0.5) is 4.39 Å². The highest BCUT2D eigenvalue weighted by atomic mass is 19.1. The second-order valence-corrected chi connectivity index (χ2v) is 6.35. The molecular formula is C18H22FN3O2. The van der Waals surface area contributed by atoms with Crippen LogP contribution >= 0.6 is 0 Å². The molecule has 0 radical (unpaired) electrons. The molecule has 1 amide bonds. The van der Waals surface area contributed by atoms with Gasteiger partial charge in [0.05, 0.1) is 18.4 Å². The van der Waals surface area contributed by atoms with Crippen molar-refractivity contribution in [1.82, 2.24) is 15.5 Å². The fraction of sp³-hybridized carbons (Fsp3) is 0.444. The Bertz CT molecular complexity index is 635. The summed E-state index contributed by atoms with van der Waals surface area (Å²) in [5, 5.41) is 9.38. The van der Waals surface area contributed by atoms with Crippen molar-refractivity contribution in [2.75, 3.05) is 13.2 Å². The van der Waals surface area contributed by atoms with Crippen LogP contribution in [0.1, 0.15) is 36.0 Å². The minimum atomic E-state index is -0.250. The van der Waals surface area contributed by atoms with E-state index in [4.69, 9.17) is 4.74 Å². The number of benzene rings is 1. The predicted octanol–water partition coefficient (Wildman–Crippen LogP) is 3.16. The summed E-state index contributed by atoms with van der Waals surface area (Å²) in [7, 11) is 0. The fourth-order valence-corrected chi connectivity index (χ4v) is 3.06. The van der Waals surface area contributed by atoms with E-state index in [0.717, 1.165) is 25.7 Å². The molecule has 1 aromatic heterocycles. The standard InChI is InChI=1S/C18H22FN3O2/c19-16-5-7-17(8-6-16)24-12-14-3-1-13(2-4-14)9-20-18(23)15-10-21-22-11-15/h5-8,10-11,13-14H,1-4,9,12H2,(H,20,23)(H,21,22). The van der Waals surface area contributed by atoms with Crippen LogP contribution in [-0.2, 0) is 0 Å². The van der Waals surface area contributed by atoms with Crippen molar-refractivity contribution in [1.29, 1.82) is 0 Å². The Morgan fingerprint density at radius 2 is 1.92 bits per heavy atom. The SMILES string of the molecule is O=C(NCC1CCC(COc2ccc(F)cc2)CC1)c1cn[nH]c1. The van der Waals surface area contributed by atoms with Crippen molar-refractivity contribution in [3.63, 3.8) is 0 Å². The highest BCUT2D eigenvalue weighted by molar-refractivity contribution is 5.93. The number of hydrogen-bond acceptors (Lipinski definition) is 3. The van der Waals surface area contributed by atoms with E-state index in [1.54, 1.807) is 18.3 Å². The number of nitrogens with zero attached hydrogens (tertiary/aromatic N) is 1. The Hall–Kier alpha value is -2.37. The molecule has 5 nitrogen and oxygen atoms in total. The number of aromatic amines is 1. The molecule has 3 rings (SSSR count). The zero-order chi connectivity index (χ0) is 16.8. The molecular weight excluding hydrogens is 309 g/mol. The average molecular weight is 331 g/mol. The third kappa shape index (κ3) is 4.57. The Morgan fingerprint density at radius 1 is 1.21 bits per heavy atom. The summed E-state index contributed by atoms with van der Waals surface area (Å²) in [6, 6.07) is 6.14. The Kier molecular flexibility index (Phi) is 5.46. The number of amides is 1. The molecule has 1 aromatic carbocycles. The highest BCUT2D eigenvalue weighted by Crippen LogP contribution is 2.29. The molecule has 1 saturated carbocycles. The Morgan fingerprint density at radius 3 is 2.58 bits per heavy atom. The maximum atomic E-state index is 12.9. The summed E-state index contributed by atoms with van der Waals surface area (Å²) < 4.78 is 18.6. The zero-order valence-corrected chi connectivity index (χ0v) is 13.5. The topological polar surface area (TPSA) is 67.0 Å². The molecule has 6 heteroatoms. The largest absolute Gasteiger partial charge is 0.493 e. The summed E-state index contributed by atoms with van der Waals surface area (Å²) in [6.45, 7) is 1.37. The molecule has 1 heterocycles. The second-order valence-electron chi connectivity index (χ2n) is 6.35. The van der Waals surface area contributed by atoms with Gasteiger partial charge in [0.2, 0.25) is 0 Å². The Labute approximate surface area is 140 Å². The summed E-state index contributed by atoms with van der Waals surface area (Å²) in [5.74, 6) is 1.43. The van der Waals surface area contributed by atoms with Gasteiger partial charge in [-0.05, 0) is 61.8 Å². The molecule has 0 bridgehead atoms. The van der Waals surface area contributed by atoms with Gasteiger partial charge in [0.15, 0.2) is 0 Å². The lowest BCUT2D eigenvalue weighted by Gasteiger charge is -2.28. The van der Waals surface area contributed by atoms with Crippen molar-refractivity contribution in [3.8, 4) is 5.75 Å². The molecule has 24 heavy (non-hydrogen) atoms. The number of carbonyl (C=O) groups is 1. The van der Waals surface area contributed by atoms with E-state index in [-0.39, 0.29) is 11.7 Å². The smallest absolute Gasteiger partial charge is 0.254 e. The first kappa shape index (κ1) is 16.5. The van der Waals surface area contributed by atoms with Crippen LogP contribution in [0.5, 0.6) is 5.75 Å². The van der Waals surface area contributed by atoms with E-state index in [1.807, 2.05) is 0 Å². The summed E-state index contributed by atoms with van der Waals surface area (Å²) >= 11 is 0. The van der Waals surface area contributed by atoms with E-state index < -0.39 is 0 Å². The predicted molar refractivity (Wildman–Crippen MR) is 88.3 cm³/mol. The molecule has 1 aliphatic rings. The van der Waals surface area contributed by atoms with Gasteiger partial charge in [-0.1, -0.05) is 0 Å². The number of aromatic nitrogens is 2. The first-order chi connectivity index (χ1) is 11.7. The number of rotatable bonds is 6. The van der Waals surface area contributed by atoms with Gasteiger partial charge in [-0.25, -0.2) is 4.39 Å². The monoisotopic (exact) mass is 331 g/mol. The van der Waals surface area contributed by atoms with Crippen LogP contribution in [0.15, 0.2) is 36.7 Å². The molecule has 2 N–H and O–H groups in total. The number of nitrogens with one attached hydrogen (secondary N) is 2. The molecule has 0 spiro atoms. The van der Waals surface area contributed by atoms with E-state index in [0.29, 0.717) is 36.3 Å². The van der Waals surface area contributed by atoms with Gasteiger partial charge < -0.3 is 10.1 Å². The van der Waals surface area contributed by atoms with Crippen LogP contribution in [0, 0.1) is 17.7 Å². The lowest BCUT2D eigenvalue weighted by atomic mass is 9.82. The van der Waals surface area contributed by atoms with E-state index in [9.17, 15) is 9.18 Å². The minimum absolute atomic E-state index is 0.0782. The minimum Gasteiger partial charge on any atom is -0.493 e. The normalized spacial score (nSPS) is 20.5. The number of H-pyrrole nitrogens is 1. The summed E-state index contributed by atoms with van der Waals surface area (Å²) in [5.41, 5.74) is 0.566. The lowest BCUT2D eigenvalue weighted by molar-refractivity contribution is 0.0938. The molecule has 0 atom stereocenters. The molecule has 0 aliphatic heterocycles. The van der Waals surface area contributed by atoms with Crippen LogP contribution in [0.25, 0.3) is 0 Å². The quantitative estimate of drug-likeness (QED) is 0.854. The van der Waals surface area contributed by atoms with Gasteiger partial charge in [-0.15, -0.1) is 0 Å². The van der Waals surface area contributed by atoms with Crippen LogP contribution < -0.4 is 10.1 Å². The summed E-state index contributed by atoms with van der Waals surface area (Å²) in [6.07, 6.45) is 7.48. The molecule has 2 aromatic rings. The lowest BCUT2D eigenvalue weighted by Crippen LogP contribution is -2.31. The van der Waals surface area contributed by atoms with Gasteiger partial charge in [0, 0.05) is 12.7 Å². The van der Waals surface area contributed by atoms with Gasteiger partial charge in [-0.3, -0.25) is 9.89 Å². The molecule has 0 unspecified atom stereocenters. The molecule has 1 aliphatic carbocycles. The van der Waals surface area contributed by atoms with Gasteiger partial charge in [0.25, 0.3) is 5.91 Å². The third-order valence-electron chi connectivity index (χ3n) is 4.58. The maximum absolute atomic E-state index is 12.9. The second kappa shape index (κ2) is 7.95. The Balaban J connectivity index is 1.35. The number of carbonyl (C=O) groups excluding carboxylic acids is 1. The molecule has 0 saturated heterocycles. The summed E-state index contributed by atoms with van der Waals surface area (Å²) in [4.78, 5) is 11.9. The zero-order valence-electron chi connectivity index (χ0n) is 13.5. The van der Waals surface area contributed by atoms with Gasteiger partial charge in [-0.2, -0.15) is 5.10 Å². The molecule has 128 valence electrons. The first-order valence-corrected chi connectivity index (χ1v) is 8.36. The van der Waals surface area contributed by atoms with Crippen LogP contribution in [0.3, 0.4) is 0 Å². The van der Waals surface area contributed by atoms with E-state index >= 15 is 0 Å². The number of ether oxygens (including phenoxy) is 1. The van der Waals surface area contributed by atoms with Crippen molar-refractivity contribution in [2.45, 2.75) is 25.7 Å². The average Bonchev–Trinajstić information content (AvgIpc) is 3.15. The van der Waals surface area contributed by atoms with Crippen molar-refractivity contribution >= 4 is 5.91 Å². The van der Waals surface area contributed by atoms with Crippen LogP contribution in [0.2, 0.25) is 0 Å². The first-order valence-electron chi connectivity index (χ1n) is 8.36. The van der Waals surface area contributed by atoms with Gasteiger partial charge in [0.1, 0.15) is 11.6 Å². The van der Waals surface area contributed by atoms with E-state index in [2.05, 4.69) is 15.5 Å². The number of halogens is 1.